The van der Waals surface area contributed by atoms with Crippen LogP contribution in [0.2, 0.25) is 0 Å². The topological polar surface area (TPSA) is 61.7 Å². The number of hydrogen-bond donors (Lipinski definition) is 2. The van der Waals surface area contributed by atoms with E-state index in [1.165, 1.54) is 6.92 Å². The molecule has 0 aliphatic rings. The van der Waals surface area contributed by atoms with Crippen molar-refractivity contribution >= 4 is 11.7 Å². The summed E-state index contributed by atoms with van der Waals surface area (Å²) in [7, 11) is 0. The summed E-state index contributed by atoms with van der Waals surface area (Å²) in [5.41, 5.74) is 2.72. The van der Waals surface area contributed by atoms with E-state index in [0.717, 1.165) is 12.8 Å². The molecule has 0 aliphatic heterocycles. The third-order valence-corrected chi connectivity index (χ3v) is 1.39. The monoisotopic (exact) mass is 184 g/mol. The molecule has 13 heavy (non-hydrogen) atoms. The molecule has 0 heterocycles. The maximum absolute atomic E-state index is 10.3. The van der Waals surface area contributed by atoms with E-state index in [1.807, 2.05) is 12.2 Å². The Kier molecular flexibility index (Phi) is 6.59. The Morgan fingerprint density at radius 1 is 1.54 bits per heavy atom. The number of nitrogens with zero attached hydrogens (tertiary/aromatic N) is 1. The van der Waals surface area contributed by atoms with E-state index in [4.69, 9.17) is 5.11 Å². The number of allylic oxidation sites excluding steroid dienone is 1. The van der Waals surface area contributed by atoms with Crippen LogP contribution in [0.5, 0.6) is 0 Å². The molecule has 0 aromatic heterocycles. The zero-order valence-corrected chi connectivity index (χ0v) is 8.08. The van der Waals surface area contributed by atoms with Crippen molar-refractivity contribution in [1.82, 2.24) is 5.43 Å². The van der Waals surface area contributed by atoms with Gasteiger partial charge in [-0.3, -0.25) is 0 Å². The third kappa shape index (κ3) is 7.05. The average molecular weight is 184 g/mol. The number of carboxylic acids is 1. The van der Waals surface area contributed by atoms with Crippen LogP contribution in [0.25, 0.3) is 0 Å². The number of unbranched alkanes of at least 4 members (excludes halogenated alkanes) is 1. The van der Waals surface area contributed by atoms with Crippen LogP contribution in [-0.4, -0.2) is 23.3 Å². The molecule has 0 saturated carbocycles. The molecule has 0 spiro atoms. The van der Waals surface area contributed by atoms with Gasteiger partial charge in [0.25, 0.3) is 0 Å². The van der Waals surface area contributed by atoms with Crippen LogP contribution in [0, 0.1) is 0 Å². The van der Waals surface area contributed by atoms with Crippen molar-refractivity contribution in [3.05, 3.63) is 12.2 Å². The van der Waals surface area contributed by atoms with Crippen LogP contribution in [0.3, 0.4) is 0 Å². The Labute approximate surface area is 78.3 Å². The molecule has 0 saturated heterocycles. The summed E-state index contributed by atoms with van der Waals surface area (Å²) in [6, 6.07) is 0. The van der Waals surface area contributed by atoms with Gasteiger partial charge in [0, 0.05) is 0 Å². The van der Waals surface area contributed by atoms with Crippen molar-refractivity contribution in [3.63, 3.8) is 0 Å². The van der Waals surface area contributed by atoms with E-state index < -0.39 is 5.97 Å². The Bertz CT molecular complexity index is 210. The van der Waals surface area contributed by atoms with Gasteiger partial charge in [-0.05, 0) is 13.3 Å². The number of rotatable bonds is 6. The number of aliphatic carboxylic acids is 1. The largest absolute Gasteiger partial charge is 0.477 e. The van der Waals surface area contributed by atoms with Gasteiger partial charge in [-0.1, -0.05) is 25.5 Å². The van der Waals surface area contributed by atoms with Crippen LogP contribution in [0.4, 0.5) is 0 Å². The number of nitrogens with one attached hydrogen (secondary N) is 1. The maximum atomic E-state index is 10.3. The molecule has 4 heteroatoms. The van der Waals surface area contributed by atoms with E-state index in [-0.39, 0.29) is 5.71 Å². The van der Waals surface area contributed by atoms with Crippen molar-refractivity contribution < 1.29 is 9.90 Å². The van der Waals surface area contributed by atoms with Crippen molar-refractivity contribution in [2.75, 3.05) is 6.54 Å². The van der Waals surface area contributed by atoms with Crippen molar-refractivity contribution in [2.24, 2.45) is 5.10 Å². The molecule has 0 bridgehead atoms. The molecular weight excluding hydrogens is 168 g/mol. The van der Waals surface area contributed by atoms with E-state index in [1.54, 1.807) is 0 Å². The minimum atomic E-state index is -0.995. The predicted octanol–water partition coefficient (Wildman–Crippen LogP) is 1.39. The smallest absolute Gasteiger partial charge is 0.351 e. The lowest BCUT2D eigenvalue weighted by Crippen LogP contribution is -2.15. The lowest BCUT2D eigenvalue weighted by atomic mass is 10.3. The Morgan fingerprint density at radius 3 is 2.77 bits per heavy atom. The van der Waals surface area contributed by atoms with Gasteiger partial charge in [-0.25, -0.2) is 4.79 Å². The SMILES string of the molecule is CCC/C=C/CN/N=C(\C)C(=O)O. The molecule has 0 rings (SSSR count). The summed E-state index contributed by atoms with van der Waals surface area (Å²) in [6.07, 6.45) is 6.14. The van der Waals surface area contributed by atoms with Gasteiger partial charge < -0.3 is 10.5 Å². The Hall–Kier alpha value is -1.32. The van der Waals surface area contributed by atoms with Crippen LogP contribution < -0.4 is 5.43 Å². The van der Waals surface area contributed by atoms with Gasteiger partial charge in [-0.2, -0.15) is 5.10 Å². The van der Waals surface area contributed by atoms with Crippen LogP contribution in [0.1, 0.15) is 26.7 Å². The average Bonchev–Trinajstić information content (AvgIpc) is 2.10. The first-order valence-corrected chi connectivity index (χ1v) is 4.34. The van der Waals surface area contributed by atoms with Crippen LogP contribution in [0.15, 0.2) is 17.3 Å². The second-order valence-corrected chi connectivity index (χ2v) is 2.62. The molecule has 0 aromatic rings. The molecule has 2 N–H and O–H groups in total. The van der Waals surface area contributed by atoms with Gasteiger partial charge in [0.05, 0.1) is 6.54 Å². The lowest BCUT2D eigenvalue weighted by Gasteiger charge is -1.95. The quantitative estimate of drug-likeness (QED) is 0.284. The summed E-state index contributed by atoms with van der Waals surface area (Å²) in [4.78, 5) is 10.3. The zero-order valence-electron chi connectivity index (χ0n) is 8.08. The highest BCUT2D eigenvalue weighted by molar-refractivity contribution is 6.34. The summed E-state index contributed by atoms with van der Waals surface area (Å²) in [6.45, 7) is 4.13. The van der Waals surface area contributed by atoms with E-state index >= 15 is 0 Å². The number of hydrogen-bond acceptors (Lipinski definition) is 3. The lowest BCUT2D eigenvalue weighted by molar-refractivity contribution is -0.129. The van der Waals surface area contributed by atoms with Crippen molar-refractivity contribution in [3.8, 4) is 0 Å². The predicted molar refractivity (Wildman–Crippen MR) is 52.8 cm³/mol. The number of hydrazone groups is 1. The summed E-state index contributed by atoms with van der Waals surface area (Å²) in [5.74, 6) is -0.995. The first kappa shape index (κ1) is 11.7. The standard InChI is InChI=1S/C9H16N2O2/c1-3-4-5-6-7-10-11-8(2)9(12)13/h5-6,10H,3-4,7H2,1-2H3,(H,12,13)/b6-5+,11-8+. The van der Waals surface area contributed by atoms with Gasteiger partial charge in [0.15, 0.2) is 0 Å². The van der Waals surface area contributed by atoms with Gasteiger partial charge in [0.2, 0.25) is 0 Å². The van der Waals surface area contributed by atoms with E-state index in [9.17, 15) is 4.79 Å². The zero-order chi connectivity index (χ0) is 10.1. The molecule has 0 fully saturated rings. The highest BCUT2D eigenvalue weighted by atomic mass is 16.4. The second kappa shape index (κ2) is 7.34. The minimum Gasteiger partial charge on any atom is -0.477 e. The molecule has 4 nitrogen and oxygen atoms in total. The summed E-state index contributed by atoms with van der Waals surface area (Å²) in [5, 5.41) is 12.1. The number of carboxylic acid groups (broad SMARTS) is 1. The molecule has 0 radical (unpaired) electrons. The molecule has 0 atom stereocenters. The first-order valence-electron chi connectivity index (χ1n) is 4.34. The van der Waals surface area contributed by atoms with Crippen molar-refractivity contribution in [1.29, 1.82) is 0 Å². The fraction of sp³-hybridized carbons (Fsp3) is 0.556. The summed E-state index contributed by atoms with van der Waals surface area (Å²) < 4.78 is 0. The molecular formula is C9H16N2O2. The normalized spacial score (nSPS) is 12.0. The first-order chi connectivity index (χ1) is 6.18. The maximum Gasteiger partial charge on any atom is 0.351 e. The fourth-order valence-corrected chi connectivity index (χ4v) is 0.633. The highest BCUT2D eigenvalue weighted by Crippen LogP contribution is 1.86. The highest BCUT2D eigenvalue weighted by Gasteiger charge is 1.98. The molecule has 0 aliphatic carbocycles. The number of carbonyl (C=O) groups is 1. The van der Waals surface area contributed by atoms with Crippen LogP contribution in [-0.2, 0) is 4.79 Å². The van der Waals surface area contributed by atoms with Gasteiger partial charge in [-0.15, -0.1) is 0 Å². The van der Waals surface area contributed by atoms with Gasteiger partial charge >= 0.3 is 5.97 Å². The van der Waals surface area contributed by atoms with Crippen molar-refractivity contribution in [2.45, 2.75) is 26.7 Å². The molecule has 0 unspecified atom stereocenters. The minimum absolute atomic E-state index is 0.0730. The van der Waals surface area contributed by atoms with E-state index in [2.05, 4.69) is 17.5 Å². The molecule has 0 amide bonds. The third-order valence-electron chi connectivity index (χ3n) is 1.39. The Balaban J connectivity index is 3.55. The Morgan fingerprint density at radius 2 is 2.23 bits per heavy atom. The molecule has 0 aromatic carbocycles. The fourth-order valence-electron chi connectivity index (χ4n) is 0.633. The van der Waals surface area contributed by atoms with Crippen LogP contribution >= 0.6 is 0 Å². The molecule has 74 valence electrons. The summed E-state index contributed by atoms with van der Waals surface area (Å²) >= 11 is 0. The van der Waals surface area contributed by atoms with Gasteiger partial charge in [0.1, 0.15) is 5.71 Å². The van der Waals surface area contributed by atoms with E-state index in [0.29, 0.717) is 6.54 Å². The second-order valence-electron chi connectivity index (χ2n) is 2.62.